The number of rotatable bonds is 12. The van der Waals surface area contributed by atoms with Gasteiger partial charge in [0.05, 0.1) is 23.5 Å². The van der Waals surface area contributed by atoms with E-state index in [1.807, 2.05) is 55.7 Å². The molecule has 1 fully saturated rings. The van der Waals surface area contributed by atoms with Crippen molar-refractivity contribution in [2.45, 2.75) is 65.0 Å². The number of ether oxygens (including phenoxy) is 1. The first-order chi connectivity index (χ1) is 23.7. The summed E-state index contributed by atoms with van der Waals surface area (Å²) in [7, 11) is 5.73. The summed E-state index contributed by atoms with van der Waals surface area (Å²) in [5, 5.41) is 12.3. The molecule has 2 aromatic carbocycles. The van der Waals surface area contributed by atoms with Crippen molar-refractivity contribution in [1.29, 1.82) is 0 Å². The molecule has 1 aliphatic rings. The Labute approximate surface area is 288 Å². The van der Waals surface area contributed by atoms with Gasteiger partial charge in [-0.2, -0.15) is 19.6 Å². The van der Waals surface area contributed by atoms with E-state index in [1.165, 1.54) is 0 Å². The Morgan fingerprint density at radius 1 is 1.12 bits per heavy atom. The van der Waals surface area contributed by atoms with Crippen molar-refractivity contribution in [2.24, 2.45) is 10.9 Å². The van der Waals surface area contributed by atoms with E-state index in [9.17, 15) is 4.79 Å². The summed E-state index contributed by atoms with van der Waals surface area (Å²) in [6.45, 7) is 7.63. The molecule has 0 spiro atoms. The van der Waals surface area contributed by atoms with Crippen molar-refractivity contribution in [3.05, 3.63) is 83.7 Å². The summed E-state index contributed by atoms with van der Waals surface area (Å²) in [6, 6.07) is 14.4. The van der Waals surface area contributed by atoms with Crippen molar-refractivity contribution in [1.82, 2.24) is 29.0 Å². The van der Waals surface area contributed by atoms with Crippen LogP contribution in [0, 0.1) is 12.8 Å². The van der Waals surface area contributed by atoms with Gasteiger partial charge in [0, 0.05) is 55.3 Å². The van der Waals surface area contributed by atoms with Crippen LogP contribution in [0.4, 0.5) is 17.6 Å². The van der Waals surface area contributed by atoms with Crippen LogP contribution in [0.2, 0.25) is 0 Å². The van der Waals surface area contributed by atoms with E-state index in [1.54, 1.807) is 17.7 Å². The van der Waals surface area contributed by atoms with Gasteiger partial charge in [0.1, 0.15) is 0 Å². The van der Waals surface area contributed by atoms with Gasteiger partial charge in [-0.05, 0) is 100.0 Å². The Kier molecular flexibility index (Phi) is 10.5. The van der Waals surface area contributed by atoms with E-state index >= 15 is 0 Å². The molecule has 1 saturated carbocycles. The highest BCUT2D eigenvalue weighted by Crippen LogP contribution is 2.29. The fourth-order valence-corrected chi connectivity index (χ4v) is 6.40. The van der Waals surface area contributed by atoms with E-state index in [0.717, 1.165) is 70.3 Å². The van der Waals surface area contributed by atoms with Gasteiger partial charge < -0.3 is 24.8 Å². The number of methoxy groups -OCH3 is 1. The van der Waals surface area contributed by atoms with Crippen molar-refractivity contribution >= 4 is 46.3 Å². The van der Waals surface area contributed by atoms with Crippen LogP contribution in [0.25, 0.3) is 22.2 Å². The van der Waals surface area contributed by atoms with E-state index in [4.69, 9.17) is 19.7 Å². The largest absolute Gasteiger partial charge is 0.381 e. The lowest BCUT2D eigenvalue weighted by molar-refractivity contribution is -0.111. The summed E-state index contributed by atoms with van der Waals surface area (Å²) in [5.41, 5.74) is 6.96. The zero-order valence-corrected chi connectivity index (χ0v) is 29.3. The second-order valence-electron chi connectivity index (χ2n) is 13.4. The molecule has 0 unspecified atom stereocenters. The molecular formula is C38H47N9O2. The minimum atomic E-state index is -0.146. The highest BCUT2D eigenvalue weighted by molar-refractivity contribution is 6.00. The summed E-state index contributed by atoms with van der Waals surface area (Å²) in [4.78, 5) is 28.9. The van der Waals surface area contributed by atoms with Crippen LogP contribution < -0.4 is 10.6 Å². The number of likely N-dealkylation sites (N-methyl/N-ethyl adjacent to an activating group) is 1. The number of carbonyl (C=O) groups excluding carboxylic acids is 1. The molecule has 6 rings (SSSR count). The molecule has 3 aromatic heterocycles. The predicted molar refractivity (Wildman–Crippen MR) is 197 cm³/mol. The predicted octanol–water partition coefficient (Wildman–Crippen LogP) is 7.08. The van der Waals surface area contributed by atoms with Crippen molar-refractivity contribution in [2.75, 3.05) is 38.4 Å². The Morgan fingerprint density at radius 3 is 2.69 bits per heavy atom. The number of aryl methyl sites for hydroxylation is 1. The lowest BCUT2D eigenvalue weighted by Crippen LogP contribution is -2.20. The average Bonchev–Trinajstić information content (AvgIpc) is 3.71. The molecule has 11 heteroatoms. The minimum Gasteiger partial charge on any atom is -0.381 e. The monoisotopic (exact) mass is 661 g/mol. The van der Waals surface area contributed by atoms with Crippen LogP contribution in [0.15, 0.2) is 72.0 Å². The SMILES string of the molecule is COC1CCC(/C=N/c2nc(NCc3c(C)cccc3-n3ccc4cc(NC(=O)/C=C/CN(C)C)ccc43)n3ncc(C(C)C)c3n2)CC1. The average molecular weight is 662 g/mol. The van der Waals surface area contributed by atoms with Gasteiger partial charge in [-0.15, -0.1) is 0 Å². The van der Waals surface area contributed by atoms with E-state index in [0.29, 0.717) is 37.0 Å². The van der Waals surface area contributed by atoms with Gasteiger partial charge in [-0.25, -0.2) is 4.99 Å². The Bertz CT molecular complexity index is 1980. The highest BCUT2D eigenvalue weighted by atomic mass is 16.5. The molecule has 0 aliphatic heterocycles. The van der Waals surface area contributed by atoms with Crippen molar-refractivity contribution in [3.63, 3.8) is 0 Å². The summed E-state index contributed by atoms with van der Waals surface area (Å²) in [6.07, 6.45) is 13.9. The Morgan fingerprint density at radius 2 is 1.94 bits per heavy atom. The summed E-state index contributed by atoms with van der Waals surface area (Å²) < 4.78 is 9.52. The maximum Gasteiger partial charge on any atom is 0.254 e. The third-order valence-electron chi connectivity index (χ3n) is 9.22. The van der Waals surface area contributed by atoms with Crippen LogP contribution in [-0.4, -0.2) is 75.0 Å². The number of benzene rings is 2. The first kappa shape index (κ1) is 34.0. The fraction of sp³-hybridized carbons (Fsp3) is 0.395. The lowest BCUT2D eigenvalue weighted by Gasteiger charge is -2.24. The molecule has 49 heavy (non-hydrogen) atoms. The summed E-state index contributed by atoms with van der Waals surface area (Å²) >= 11 is 0. The number of anilines is 2. The Balaban J connectivity index is 1.26. The molecular weight excluding hydrogens is 614 g/mol. The molecule has 3 heterocycles. The molecule has 0 saturated heterocycles. The topological polar surface area (TPSA) is 114 Å². The fourth-order valence-electron chi connectivity index (χ4n) is 6.40. The number of nitrogens with one attached hydrogen (secondary N) is 2. The quantitative estimate of drug-likeness (QED) is 0.109. The van der Waals surface area contributed by atoms with Gasteiger partial charge in [0.2, 0.25) is 11.9 Å². The van der Waals surface area contributed by atoms with Gasteiger partial charge in [0.15, 0.2) is 5.65 Å². The first-order valence-corrected chi connectivity index (χ1v) is 17.1. The van der Waals surface area contributed by atoms with Gasteiger partial charge in [0.25, 0.3) is 5.95 Å². The zero-order valence-electron chi connectivity index (χ0n) is 29.3. The van der Waals surface area contributed by atoms with Crippen LogP contribution in [0.1, 0.15) is 62.1 Å². The maximum absolute atomic E-state index is 12.4. The standard InChI is InChI=1S/C38H47N9O2/c1-25(2)31-24-41-47-36(31)43-37(39-22-27-12-15-30(49-6)16-13-27)44-38(47)40-23-32-26(3)9-7-10-34(32)46-20-18-28-21-29(14-17-33(28)46)42-35(48)11-8-19-45(4)5/h7-11,14,17-18,20-22,24-25,27,30H,12-13,15-16,19,23H2,1-6H3,(H,42,48)(H,40,43,44)/b11-8+,39-22+. The normalized spacial score (nSPS) is 17.0. The van der Waals surface area contributed by atoms with E-state index < -0.39 is 0 Å². The number of aliphatic imine (C=N–C) groups is 1. The molecule has 256 valence electrons. The minimum absolute atomic E-state index is 0.146. The van der Waals surface area contributed by atoms with E-state index in [2.05, 4.69) is 71.5 Å². The third kappa shape index (κ3) is 7.90. The van der Waals surface area contributed by atoms with Crippen LogP contribution >= 0.6 is 0 Å². The second kappa shape index (κ2) is 15.1. The molecule has 11 nitrogen and oxygen atoms in total. The smallest absolute Gasteiger partial charge is 0.254 e. The second-order valence-corrected chi connectivity index (χ2v) is 13.4. The van der Waals surface area contributed by atoms with Crippen LogP contribution in [0.3, 0.4) is 0 Å². The number of hydrogen-bond donors (Lipinski definition) is 2. The molecule has 0 atom stereocenters. The number of amides is 1. The number of aromatic nitrogens is 5. The molecule has 1 aliphatic carbocycles. The molecule has 0 bridgehead atoms. The molecule has 2 N–H and O–H groups in total. The van der Waals surface area contributed by atoms with Gasteiger partial charge >= 0.3 is 0 Å². The number of nitrogens with zero attached hydrogens (tertiary/aromatic N) is 7. The Hall–Kier alpha value is -4.87. The lowest BCUT2D eigenvalue weighted by atomic mass is 9.88. The van der Waals surface area contributed by atoms with Crippen molar-refractivity contribution in [3.8, 4) is 5.69 Å². The molecule has 1 amide bonds. The van der Waals surface area contributed by atoms with Gasteiger partial charge in [-0.3, -0.25) is 4.79 Å². The highest BCUT2D eigenvalue weighted by Gasteiger charge is 2.20. The first-order valence-electron chi connectivity index (χ1n) is 17.1. The summed E-state index contributed by atoms with van der Waals surface area (Å²) in [5.74, 6) is 1.52. The molecule has 5 aromatic rings. The van der Waals surface area contributed by atoms with E-state index in [-0.39, 0.29) is 11.8 Å². The number of hydrogen-bond acceptors (Lipinski definition) is 8. The number of fused-ring (bicyclic) bond motifs is 2. The van der Waals surface area contributed by atoms with Crippen LogP contribution in [0.5, 0.6) is 0 Å². The van der Waals surface area contributed by atoms with Gasteiger partial charge in [-0.1, -0.05) is 32.1 Å². The van der Waals surface area contributed by atoms with Crippen LogP contribution in [-0.2, 0) is 16.1 Å². The zero-order chi connectivity index (χ0) is 34.5. The van der Waals surface area contributed by atoms with Crippen molar-refractivity contribution < 1.29 is 9.53 Å². The maximum atomic E-state index is 12.4. The number of carbonyl (C=O) groups is 1. The molecule has 0 radical (unpaired) electrons. The third-order valence-corrected chi connectivity index (χ3v) is 9.22.